The van der Waals surface area contributed by atoms with E-state index in [9.17, 15) is 19.8 Å². The van der Waals surface area contributed by atoms with Crippen molar-refractivity contribution in [2.45, 2.75) is 23.7 Å². The van der Waals surface area contributed by atoms with Crippen LogP contribution in [0.25, 0.3) is 10.4 Å². The molecule has 0 bridgehead atoms. The van der Waals surface area contributed by atoms with Crippen molar-refractivity contribution in [3.8, 4) is 12.3 Å². The number of aromatic amines is 1. The number of hydrogen-bond donors (Lipinski definition) is 3. The van der Waals surface area contributed by atoms with Crippen LogP contribution in [0.5, 0.6) is 0 Å². The minimum Gasteiger partial charge on any atom is -0.386 e. The lowest BCUT2D eigenvalue weighted by atomic mass is 9.92. The van der Waals surface area contributed by atoms with E-state index < -0.39 is 34.9 Å². The number of terminal acetylenes is 1. The number of alkyl halides is 1. The van der Waals surface area contributed by atoms with Crippen molar-refractivity contribution in [1.82, 2.24) is 9.55 Å². The fourth-order valence-electron chi connectivity index (χ4n) is 2.14. The van der Waals surface area contributed by atoms with Crippen molar-refractivity contribution in [2.24, 2.45) is 5.11 Å². The molecule has 10 nitrogen and oxygen atoms in total. The summed E-state index contributed by atoms with van der Waals surface area (Å²) in [7, 11) is 0. The predicted octanol–water partition coefficient (Wildman–Crippen LogP) is -0.768. The van der Waals surface area contributed by atoms with E-state index in [4.69, 9.17) is 16.7 Å². The largest absolute Gasteiger partial charge is 0.386 e. The Hall–Kier alpha value is -1.84. The van der Waals surface area contributed by atoms with Crippen LogP contribution in [0.1, 0.15) is 6.23 Å². The molecule has 2 heterocycles. The smallest absolute Gasteiger partial charge is 0.330 e. The first-order chi connectivity index (χ1) is 10.3. The molecule has 1 saturated heterocycles. The number of halogens is 1. The molecule has 3 N–H and O–H groups in total. The number of nitrogens with zero attached hydrogens (tertiary/aromatic N) is 4. The molecule has 2 rings (SSSR count). The zero-order chi connectivity index (χ0) is 16.5. The number of aliphatic hydroxyl groups is 2. The zero-order valence-electron chi connectivity index (χ0n) is 10.9. The number of hydrogen-bond acceptors (Lipinski definition) is 6. The summed E-state index contributed by atoms with van der Waals surface area (Å²) in [6, 6.07) is 1.02. The summed E-state index contributed by atoms with van der Waals surface area (Å²) >= 11 is 1.78. The molecule has 1 fully saturated rings. The van der Waals surface area contributed by atoms with Crippen LogP contribution in [0.15, 0.2) is 27.0 Å². The second-order valence-corrected chi connectivity index (χ2v) is 5.29. The van der Waals surface area contributed by atoms with E-state index in [1.807, 2.05) is 10.9 Å². The first-order valence-corrected chi connectivity index (χ1v) is 7.37. The van der Waals surface area contributed by atoms with Crippen LogP contribution in [0.3, 0.4) is 0 Å². The fourth-order valence-corrected chi connectivity index (χ4v) is 2.89. The van der Waals surface area contributed by atoms with Crippen LogP contribution in [0, 0.1) is 12.3 Å². The lowest BCUT2D eigenvalue weighted by Crippen LogP contribution is -2.51. The van der Waals surface area contributed by atoms with E-state index in [0.717, 1.165) is 16.8 Å². The van der Waals surface area contributed by atoms with Crippen molar-refractivity contribution in [3.05, 3.63) is 43.5 Å². The van der Waals surface area contributed by atoms with Gasteiger partial charge in [0.25, 0.3) is 5.56 Å². The molecule has 0 amide bonds. The number of ether oxygens (including phenoxy) is 1. The Bertz CT molecular complexity index is 793. The lowest BCUT2D eigenvalue weighted by Gasteiger charge is -2.27. The Morgan fingerprint density at radius 1 is 1.68 bits per heavy atom. The highest BCUT2D eigenvalue weighted by Crippen LogP contribution is 2.45. The molecule has 0 saturated carbocycles. The van der Waals surface area contributed by atoms with Crippen molar-refractivity contribution < 1.29 is 14.9 Å². The van der Waals surface area contributed by atoms with Gasteiger partial charge in [0.15, 0.2) is 17.6 Å². The standard InChI is InChI=1S/C11H10IN5O5/c1-2-10(21)7(19)11(5-12,15-16-13)22-8(10)17-4-3-6(18)14-9(17)20/h1,3-4,7-8,19,21H,5H2,(H,14,18,20)/t7-,8+,10+,11+/m0/s1. The molecule has 1 aliphatic heterocycles. The number of aromatic nitrogens is 2. The van der Waals surface area contributed by atoms with E-state index in [1.54, 1.807) is 22.6 Å². The van der Waals surface area contributed by atoms with Crippen LogP contribution in [-0.2, 0) is 4.74 Å². The van der Waals surface area contributed by atoms with Crippen LogP contribution in [0.2, 0.25) is 0 Å². The Balaban J connectivity index is 2.66. The lowest BCUT2D eigenvalue weighted by molar-refractivity contribution is -0.0926. The van der Waals surface area contributed by atoms with Gasteiger partial charge in [-0.3, -0.25) is 14.3 Å². The Morgan fingerprint density at radius 3 is 2.86 bits per heavy atom. The highest BCUT2D eigenvalue weighted by Gasteiger charge is 2.63. The maximum atomic E-state index is 11.9. The predicted molar refractivity (Wildman–Crippen MR) is 82.0 cm³/mol. The van der Waals surface area contributed by atoms with Gasteiger partial charge in [-0.1, -0.05) is 33.6 Å². The van der Waals surface area contributed by atoms with E-state index in [0.29, 0.717) is 0 Å². The molecular formula is C11H10IN5O5. The van der Waals surface area contributed by atoms with E-state index in [-0.39, 0.29) is 4.43 Å². The van der Waals surface area contributed by atoms with E-state index in [1.165, 1.54) is 0 Å². The monoisotopic (exact) mass is 419 g/mol. The highest BCUT2D eigenvalue weighted by molar-refractivity contribution is 14.1. The Kier molecular flexibility index (Phi) is 4.32. The molecule has 0 radical (unpaired) electrons. The average molecular weight is 419 g/mol. The molecule has 1 aromatic rings. The molecule has 4 atom stereocenters. The van der Waals surface area contributed by atoms with Gasteiger partial charge < -0.3 is 14.9 Å². The first kappa shape index (κ1) is 16.5. The average Bonchev–Trinajstić information content (AvgIpc) is 2.71. The van der Waals surface area contributed by atoms with Crippen molar-refractivity contribution in [2.75, 3.05) is 4.43 Å². The van der Waals surface area contributed by atoms with Crippen LogP contribution in [0.4, 0.5) is 0 Å². The minimum absolute atomic E-state index is 0.0332. The second kappa shape index (κ2) is 5.75. The third-order valence-corrected chi connectivity index (χ3v) is 4.37. The maximum Gasteiger partial charge on any atom is 0.330 e. The van der Waals surface area contributed by atoms with Crippen molar-refractivity contribution in [3.63, 3.8) is 0 Å². The Labute approximate surface area is 136 Å². The molecule has 0 spiro atoms. The van der Waals surface area contributed by atoms with Crippen LogP contribution < -0.4 is 11.2 Å². The normalized spacial score (nSPS) is 33.9. The van der Waals surface area contributed by atoms with Crippen LogP contribution >= 0.6 is 22.6 Å². The topological polar surface area (TPSA) is 153 Å². The van der Waals surface area contributed by atoms with E-state index >= 15 is 0 Å². The second-order valence-electron chi connectivity index (χ2n) is 4.53. The Morgan fingerprint density at radius 2 is 2.36 bits per heavy atom. The quantitative estimate of drug-likeness (QED) is 0.147. The van der Waals surface area contributed by atoms with Gasteiger partial charge >= 0.3 is 5.69 Å². The van der Waals surface area contributed by atoms with Gasteiger partial charge in [0.05, 0.1) is 0 Å². The van der Waals surface area contributed by atoms with Gasteiger partial charge in [-0.15, -0.1) is 6.42 Å². The summed E-state index contributed by atoms with van der Waals surface area (Å²) < 4.78 is 6.21. The number of rotatable bonds is 3. The van der Waals surface area contributed by atoms with Crippen molar-refractivity contribution >= 4 is 22.6 Å². The van der Waals surface area contributed by atoms with Gasteiger partial charge in [0, 0.05) is 21.6 Å². The molecular weight excluding hydrogens is 409 g/mol. The number of nitrogens with one attached hydrogen (secondary N) is 1. The minimum atomic E-state index is -2.33. The SMILES string of the molecule is C#C[C@]1(O)[C@H](n2ccc(=O)[nH]c2=O)O[C@@](CI)(N=[N+]=[N-])[C@H]1O. The van der Waals surface area contributed by atoms with Crippen LogP contribution in [-0.4, -0.2) is 41.6 Å². The van der Waals surface area contributed by atoms with Gasteiger partial charge in [0.1, 0.15) is 6.10 Å². The van der Waals surface area contributed by atoms with Gasteiger partial charge in [-0.25, -0.2) is 4.79 Å². The zero-order valence-corrected chi connectivity index (χ0v) is 13.0. The summed E-state index contributed by atoms with van der Waals surface area (Å²) in [5, 5.41) is 24.2. The van der Waals surface area contributed by atoms with Gasteiger partial charge in [-0.05, 0) is 5.53 Å². The fraction of sp³-hybridized carbons (Fsp3) is 0.455. The molecule has 22 heavy (non-hydrogen) atoms. The summed E-state index contributed by atoms with van der Waals surface area (Å²) in [6.45, 7) is 0. The maximum absolute atomic E-state index is 11.9. The number of azide groups is 1. The molecule has 1 aromatic heterocycles. The number of aliphatic hydroxyl groups excluding tert-OH is 1. The third kappa shape index (κ3) is 2.31. The molecule has 0 aromatic carbocycles. The molecule has 116 valence electrons. The highest BCUT2D eigenvalue weighted by atomic mass is 127. The van der Waals surface area contributed by atoms with Gasteiger partial charge in [0.2, 0.25) is 0 Å². The van der Waals surface area contributed by atoms with E-state index in [2.05, 4.69) is 10.0 Å². The third-order valence-electron chi connectivity index (χ3n) is 3.28. The summed E-state index contributed by atoms with van der Waals surface area (Å²) in [5.41, 5.74) is 2.91. The van der Waals surface area contributed by atoms with Crippen molar-refractivity contribution in [1.29, 1.82) is 0 Å². The first-order valence-electron chi connectivity index (χ1n) is 5.84. The molecule has 0 aliphatic carbocycles. The van der Waals surface area contributed by atoms with Gasteiger partial charge in [-0.2, -0.15) is 0 Å². The molecule has 1 aliphatic rings. The molecule has 0 unspecified atom stereocenters. The summed E-state index contributed by atoms with van der Waals surface area (Å²) in [4.78, 5) is 27.5. The molecule has 11 heteroatoms. The number of H-pyrrole nitrogens is 1. The summed E-state index contributed by atoms with van der Waals surface area (Å²) in [6.07, 6.45) is 3.01. The summed E-state index contributed by atoms with van der Waals surface area (Å²) in [5.74, 6) is 1.97.